The minimum absolute atomic E-state index is 0.0871. The molecule has 1 aromatic carbocycles. The molecule has 0 aliphatic carbocycles. The lowest BCUT2D eigenvalue weighted by Gasteiger charge is -2.39. The first-order valence-corrected chi connectivity index (χ1v) is 12.3. The fourth-order valence-electron chi connectivity index (χ4n) is 3.38. The second-order valence-electron chi connectivity index (χ2n) is 7.18. The third-order valence-electron chi connectivity index (χ3n) is 5.10. The number of pyridine rings is 1. The lowest BCUT2D eigenvalue weighted by Crippen LogP contribution is -2.55. The highest BCUT2D eigenvalue weighted by atomic mass is 35.5. The Morgan fingerprint density at radius 3 is 2.90 bits per heavy atom. The number of amides is 1. The Labute approximate surface area is 189 Å². The van der Waals surface area contributed by atoms with Gasteiger partial charge in [0, 0.05) is 34.8 Å². The minimum atomic E-state index is -2.89. The van der Waals surface area contributed by atoms with Gasteiger partial charge in [-0.25, -0.2) is 17.6 Å². The number of nitrogens with zero attached hydrogens (tertiary/aromatic N) is 2. The van der Waals surface area contributed by atoms with Crippen LogP contribution in [0.5, 0.6) is 0 Å². The van der Waals surface area contributed by atoms with Crippen molar-refractivity contribution in [3.63, 3.8) is 0 Å². The molecule has 1 amide bonds. The summed E-state index contributed by atoms with van der Waals surface area (Å²) in [6.45, 7) is 0. The molecule has 31 heavy (non-hydrogen) atoms. The molecule has 1 fully saturated rings. The largest absolute Gasteiger partial charge is 0.325 e. The van der Waals surface area contributed by atoms with E-state index in [-0.39, 0.29) is 17.0 Å². The molecule has 3 heterocycles. The van der Waals surface area contributed by atoms with Gasteiger partial charge in [0.2, 0.25) is 5.91 Å². The van der Waals surface area contributed by atoms with Crippen LogP contribution in [0.15, 0.2) is 54.0 Å². The van der Waals surface area contributed by atoms with Gasteiger partial charge in [-0.3, -0.25) is 9.78 Å². The van der Waals surface area contributed by atoms with E-state index in [1.807, 2.05) is 29.6 Å². The van der Waals surface area contributed by atoms with Crippen LogP contribution in [0.2, 0.25) is 5.02 Å². The number of rotatable bonds is 4. The smallest absolute Gasteiger partial charge is 0.242 e. The average Bonchev–Trinajstić information content (AvgIpc) is 3.23. The minimum Gasteiger partial charge on any atom is -0.325 e. The summed E-state index contributed by atoms with van der Waals surface area (Å²) >= 11 is 7.32. The number of nitrogens with one attached hydrogen (secondary N) is 2. The Kier molecular flexibility index (Phi) is 6.14. The Morgan fingerprint density at radius 2 is 2.19 bits per heavy atom. The molecular formula is C21H20ClFN4O2S2. The van der Waals surface area contributed by atoms with Crippen LogP contribution in [0.1, 0.15) is 17.3 Å². The molecule has 1 aliphatic rings. The van der Waals surface area contributed by atoms with Gasteiger partial charge in [0.05, 0.1) is 26.7 Å². The van der Waals surface area contributed by atoms with Crippen molar-refractivity contribution in [1.82, 2.24) is 14.0 Å². The molecule has 1 saturated heterocycles. The molecule has 4 rings (SSSR count). The Morgan fingerprint density at radius 1 is 1.39 bits per heavy atom. The van der Waals surface area contributed by atoms with E-state index >= 15 is 0 Å². The molecule has 0 spiro atoms. The average molecular weight is 479 g/mol. The first-order valence-electron chi connectivity index (χ1n) is 9.38. The van der Waals surface area contributed by atoms with Crippen molar-refractivity contribution in [2.45, 2.75) is 18.5 Å². The van der Waals surface area contributed by atoms with Crippen molar-refractivity contribution in [3.05, 3.63) is 69.8 Å². The molecular weight excluding hydrogens is 459 g/mol. The summed E-state index contributed by atoms with van der Waals surface area (Å²) < 4.78 is 31.0. The monoisotopic (exact) mass is 478 g/mol. The summed E-state index contributed by atoms with van der Waals surface area (Å²) in [6.07, 6.45) is 2.11. The Bertz CT molecular complexity index is 1220. The fourth-order valence-corrected chi connectivity index (χ4v) is 6.03. The summed E-state index contributed by atoms with van der Waals surface area (Å²) in [6, 6.07) is 10.6. The van der Waals surface area contributed by atoms with E-state index in [0.29, 0.717) is 12.1 Å². The number of benzene rings is 1. The van der Waals surface area contributed by atoms with E-state index in [1.54, 1.807) is 13.2 Å². The first-order chi connectivity index (χ1) is 14.7. The topological polar surface area (TPSA) is 74.3 Å². The molecule has 3 atom stereocenters. The number of anilines is 1. The van der Waals surface area contributed by atoms with Gasteiger partial charge in [0.1, 0.15) is 11.9 Å². The van der Waals surface area contributed by atoms with Crippen molar-refractivity contribution in [3.8, 4) is 11.3 Å². The Balaban J connectivity index is 1.57. The maximum atomic E-state index is 13.4. The van der Waals surface area contributed by atoms with Crippen LogP contribution in [0.4, 0.5) is 10.1 Å². The maximum absolute atomic E-state index is 13.4. The predicted molar refractivity (Wildman–Crippen MR) is 125 cm³/mol. The highest BCUT2D eigenvalue weighted by molar-refractivity contribution is 7.96. The number of aromatic nitrogens is 1. The van der Waals surface area contributed by atoms with Gasteiger partial charge in [-0.1, -0.05) is 17.7 Å². The molecule has 2 aromatic heterocycles. The number of carbonyl (C=O) groups excluding carboxylic acids is 1. The van der Waals surface area contributed by atoms with Crippen LogP contribution in [-0.2, 0) is 14.7 Å². The summed E-state index contributed by atoms with van der Waals surface area (Å²) in [4.78, 5) is 18.3. The van der Waals surface area contributed by atoms with Gasteiger partial charge in [0.25, 0.3) is 0 Å². The van der Waals surface area contributed by atoms with E-state index in [9.17, 15) is 13.4 Å². The van der Waals surface area contributed by atoms with Crippen LogP contribution in [0.3, 0.4) is 0 Å². The quantitative estimate of drug-likeness (QED) is 0.554. The summed E-state index contributed by atoms with van der Waals surface area (Å²) in [5, 5.41) is 4.63. The predicted octanol–water partition coefficient (Wildman–Crippen LogP) is 4.12. The van der Waals surface area contributed by atoms with Gasteiger partial charge in [-0.15, -0.1) is 11.3 Å². The summed E-state index contributed by atoms with van der Waals surface area (Å²) in [5.74, 6) is 2.87. The zero-order valence-corrected chi connectivity index (χ0v) is 18.9. The van der Waals surface area contributed by atoms with E-state index in [1.165, 1.54) is 33.8 Å². The third-order valence-corrected chi connectivity index (χ3v) is 8.28. The molecule has 2 N–H and O–H groups in total. The number of hydrogen-bond donors (Lipinski definition) is 2. The number of hydrogen-bond acceptors (Lipinski definition) is 4. The van der Waals surface area contributed by atoms with Crippen molar-refractivity contribution in [2.24, 2.45) is 0 Å². The number of thiophene rings is 1. The fraction of sp³-hybridized carbons (Fsp3) is 0.190. The van der Waals surface area contributed by atoms with Crippen LogP contribution in [0, 0.1) is 5.82 Å². The molecule has 3 aromatic rings. The molecule has 1 aliphatic heterocycles. The maximum Gasteiger partial charge on any atom is 0.242 e. The second kappa shape index (κ2) is 8.68. The standard InChI is InChI=1S/C21H20ClFN4O2S2/c1-27-19(21(28)25-14-6-7-16(23)15(22)10-14)11-18(26-31(27,2)29)20-9-13(12-30-20)17-5-3-4-8-24-17/h3-10,12,18-19H,2,11H2,1H3,(H,25,28)(H,26,29). The number of carbonyl (C=O) groups is 1. The number of likely N-dealkylation sites (N-methyl/N-ethyl adjacent to an activating group) is 1. The van der Waals surface area contributed by atoms with Gasteiger partial charge in [0.15, 0.2) is 0 Å². The van der Waals surface area contributed by atoms with Crippen molar-refractivity contribution in [2.75, 3.05) is 12.4 Å². The highest BCUT2D eigenvalue weighted by Gasteiger charge is 2.38. The number of halogens is 2. The van der Waals surface area contributed by atoms with Gasteiger partial charge < -0.3 is 5.32 Å². The molecule has 162 valence electrons. The van der Waals surface area contributed by atoms with Crippen LogP contribution >= 0.6 is 22.9 Å². The zero-order chi connectivity index (χ0) is 22.2. The SMILES string of the molecule is C=S1(=O)NC(c2cc(-c3ccccn3)cs2)CC(C(=O)Nc2ccc(F)c(Cl)c2)N1C. The van der Waals surface area contributed by atoms with Crippen molar-refractivity contribution >= 4 is 50.3 Å². The Hall–Kier alpha value is -2.30. The first kappa shape index (κ1) is 21.9. The third kappa shape index (κ3) is 4.65. The van der Waals surface area contributed by atoms with Crippen molar-refractivity contribution in [1.29, 1.82) is 0 Å². The van der Waals surface area contributed by atoms with Gasteiger partial charge in [-0.2, -0.15) is 0 Å². The van der Waals surface area contributed by atoms with Gasteiger partial charge >= 0.3 is 0 Å². The van der Waals surface area contributed by atoms with Crippen LogP contribution in [-0.4, -0.2) is 38.4 Å². The lowest BCUT2D eigenvalue weighted by atomic mass is 10.0. The second-order valence-corrected chi connectivity index (χ2v) is 10.6. The van der Waals surface area contributed by atoms with E-state index in [0.717, 1.165) is 16.1 Å². The zero-order valence-electron chi connectivity index (χ0n) is 16.5. The molecule has 6 nitrogen and oxygen atoms in total. The molecule has 0 bridgehead atoms. The van der Waals surface area contributed by atoms with E-state index in [4.69, 9.17) is 11.6 Å². The summed E-state index contributed by atoms with van der Waals surface area (Å²) in [5.41, 5.74) is 2.17. The van der Waals surface area contributed by atoms with Crippen LogP contribution < -0.4 is 10.0 Å². The van der Waals surface area contributed by atoms with Crippen molar-refractivity contribution < 1.29 is 13.4 Å². The van der Waals surface area contributed by atoms with E-state index in [2.05, 4.69) is 20.9 Å². The lowest BCUT2D eigenvalue weighted by molar-refractivity contribution is -0.120. The van der Waals surface area contributed by atoms with E-state index < -0.39 is 21.8 Å². The molecule has 0 saturated carbocycles. The normalized spacial score (nSPS) is 24.1. The highest BCUT2D eigenvalue weighted by Crippen LogP contribution is 2.34. The molecule has 3 unspecified atom stereocenters. The molecule has 10 heteroatoms. The molecule has 0 radical (unpaired) electrons. The van der Waals surface area contributed by atoms with Crippen LogP contribution in [0.25, 0.3) is 11.3 Å². The van der Waals surface area contributed by atoms with Gasteiger partial charge in [-0.05, 0) is 48.7 Å². The summed E-state index contributed by atoms with van der Waals surface area (Å²) in [7, 11) is -1.30.